The highest BCUT2D eigenvalue weighted by atomic mass is 16.5. The van der Waals surface area contributed by atoms with Gasteiger partial charge in [0.15, 0.2) is 0 Å². The van der Waals surface area contributed by atoms with Crippen molar-refractivity contribution in [3.05, 3.63) is 30.6 Å². The smallest absolute Gasteiger partial charge is 0.0959 e. The molecule has 0 saturated heterocycles. The third kappa shape index (κ3) is 2.77. The maximum absolute atomic E-state index is 10.2. The molecule has 1 heterocycles. The number of benzene rings is 1. The molecule has 1 aromatic heterocycles. The summed E-state index contributed by atoms with van der Waals surface area (Å²) < 4.78 is 7.81. The van der Waals surface area contributed by atoms with E-state index in [1.54, 1.807) is 6.33 Å². The van der Waals surface area contributed by atoms with E-state index in [-0.39, 0.29) is 0 Å². The maximum atomic E-state index is 10.2. The second kappa shape index (κ2) is 6.01. The Bertz CT molecular complexity index is 639. The second-order valence-corrected chi connectivity index (χ2v) is 7.01. The summed E-state index contributed by atoms with van der Waals surface area (Å²) in [5.41, 5.74) is 2.03. The van der Waals surface area contributed by atoms with Crippen molar-refractivity contribution in [1.82, 2.24) is 9.55 Å². The van der Waals surface area contributed by atoms with Gasteiger partial charge < -0.3 is 14.4 Å². The van der Waals surface area contributed by atoms with E-state index >= 15 is 0 Å². The lowest BCUT2D eigenvalue weighted by molar-refractivity contribution is 0.00622. The Kier molecular flexibility index (Phi) is 3.89. The van der Waals surface area contributed by atoms with Gasteiger partial charge in [0.2, 0.25) is 0 Å². The Labute approximate surface area is 131 Å². The minimum atomic E-state index is -0.476. The summed E-state index contributed by atoms with van der Waals surface area (Å²) in [4.78, 5) is 4.35. The van der Waals surface area contributed by atoms with Gasteiger partial charge in [-0.25, -0.2) is 4.98 Å². The minimum absolute atomic E-state index is 0.417. The molecule has 0 amide bonds. The van der Waals surface area contributed by atoms with Crippen molar-refractivity contribution in [2.24, 2.45) is 17.8 Å². The van der Waals surface area contributed by atoms with Crippen LogP contribution in [0, 0.1) is 17.8 Å². The van der Waals surface area contributed by atoms with Crippen LogP contribution in [0.3, 0.4) is 0 Å². The first-order chi connectivity index (χ1) is 10.8. The van der Waals surface area contributed by atoms with Gasteiger partial charge in [0.05, 0.1) is 36.6 Å². The van der Waals surface area contributed by atoms with Crippen LogP contribution in [-0.2, 0) is 11.3 Å². The summed E-state index contributed by atoms with van der Waals surface area (Å²) in [5.74, 6) is 2.58. The van der Waals surface area contributed by atoms with Crippen LogP contribution in [0.4, 0.5) is 0 Å². The summed E-state index contributed by atoms with van der Waals surface area (Å²) >= 11 is 0. The molecule has 4 atom stereocenters. The summed E-state index contributed by atoms with van der Waals surface area (Å²) in [6.07, 6.45) is 6.89. The van der Waals surface area contributed by atoms with Crippen LogP contribution in [0.2, 0.25) is 0 Å². The van der Waals surface area contributed by atoms with Gasteiger partial charge in [-0.15, -0.1) is 0 Å². The minimum Gasteiger partial charge on any atom is -0.389 e. The molecule has 4 unspecified atom stereocenters. The molecule has 2 aliphatic rings. The van der Waals surface area contributed by atoms with Gasteiger partial charge in [0.25, 0.3) is 0 Å². The van der Waals surface area contributed by atoms with Crippen molar-refractivity contribution >= 4 is 11.0 Å². The fraction of sp³-hybridized carbons (Fsp3) is 0.611. The van der Waals surface area contributed by atoms with E-state index in [0.717, 1.165) is 35.4 Å². The van der Waals surface area contributed by atoms with E-state index in [2.05, 4.69) is 4.98 Å². The van der Waals surface area contributed by atoms with E-state index in [1.165, 1.54) is 25.7 Å². The Morgan fingerprint density at radius 3 is 3.00 bits per heavy atom. The Morgan fingerprint density at radius 2 is 2.18 bits per heavy atom. The van der Waals surface area contributed by atoms with Crippen LogP contribution in [0.25, 0.3) is 11.0 Å². The molecule has 118 valence electrons. The average molecular weight is 300 g/mol. The number of para-hydroxylation sites is 2. The number of fused-ring (bicyclic) bond motifs is 3. The molecule has 1 aromatic carbocycles. The molecule has 4 nitrogen and oxygen atoms in total. The molecule has 22 heavy (non-hydrogen) atoms. The molecule has 4 rings (SSSR count). The number of aromatic nitrogens is 2. The summed E-state index contributed by atoms with van der Waals surface area (Å²) in [5, 5.41) is 10.2. The Morgan fingerprint density at radius 1 is 1.27 bits per heavy atom. The molecule has 2 aromatic rings. The topological polar surface area (TPSA) is 47.3 Å². The van der Waals surface area contributed by atoms with Gasteiger partial charge in [-0.1, -0.05) is 18.6 Å². The van der Waals surface area contributed by atoms with Gasteiger partial charge in [-0.2, -0.15) is 0 Å². The fourth-order valence-corrected chi connectivity index (χ4v) is 4.37. The van der Waals surface area contributed by atoms with E-state index in [0.29, 0.717) is 13.2 Å². The SMILES string of the molecule is OC(COCC1CC2CCC1C2)Cn1cnc2ccccc21. The van der Waals surface area contributed by atoms with Crippen molar-refractivity contribution in [2.75, 3.05) is 13.2 Å². The summed E-state index contributed by atoms with van der Waals surface area (Å²) in [6.45, 7) is 1.78. The van der Waals surface area contributed by atoms with E-state index < -0.39 is 6.10 Å². The highest BCUT2D eigenvalue weighted by Gasteiger charge is 2.39. The molecule has 2 saturated carbocycles. The zero-order valence-corrected chi connectivity index (χ0v) is 12.9. The van der Waals surface area contributed by atoms with Gasteiger partial charge in [-0.05, 0) is 49.1 Å². The molecule has 2 bridgehead atoms. The molecule has 2 fully saturated rings. The number of aliphatic hydroxyl groups is 1. The lowest BCUT2D eigenvalue weighted by Crippen LogP contribution is -2.24. The third-order valence-electron chi connectivity index (χ3n) is 5.46. The van der Waals surface area contributed by atoms with Crippen molar-refractivity contribution in [1.29, 1.82) is 0 Å². The van der Waals surface area contributed by atoms with E-state index in [1.807, 2.05) is 28.8 Å². The first-order valence-corrected chi connectivity index (χ1v) is 8.45. The predicted molar refractivity (Wildman–Crippen MR) is 85.5 cm³/mol. The number of aliphatic hydroxyl groups excluding tert-OH is 1. The molecular formula is C18H24N2O2. The number of imidazole rings is 1. The zero-order valence-electron chi connectivity index (χ0n) is 12.9. The zero-order chi connectivity index (χ0) is 14.9. The lowest BCUT2D eigenvalue weighted by Gasteiger charge is -2.22. The van der Waals surface area contributed by atoms with Crippen molar-refractivity contribution in [2.45, 2.75) is 38.3 Å². The van der Waals surface area contributed by atoms with E-state index in [9.17, 15) is 5.11 Å². The first kappa shape index (κ1) is 14.2. The molecule has 0 spiro atoms. The van der Waals surface area contributed by atoms with Crippen molar-refractivity contribution < 1.29 is 9.84 Å². The number of rotatable bonds is 6. The maximum Gasteiger partial charge on any atom is 0.0959 e. The van der Waals surface area contributed by atoms with Crippen molar-refractivity contribution in [3.8, 4) is 0 Å². The molecular weight excluding hydrogens is 276 g/mol. The van der Waals surface area contributed by atoms with Crippen LogP contribution in [-0.4, -0.2) is 34.0 Å². The normalized spacial score (nSPS) is 28.5. The predicted octanol–water partition coefficient (Wildman–Crippen LogP) is 2.85. The van der Waals surface area contributed by atoms with Gasteiger partial charge in [0, 0.05) is 6.61 Å². The van der Waals surface area contributed by atoms with Gasteiger partial charge in [-0.3, -0.25) is 0 Å². The summed E-state index contributed by atoms with van der Waals surface area (Å²) in [6, 6.07) is 8.00. The van der Waals surface area contributed by atoms with Crippen LogP contribution in [0.5, 0.6) is 0 Å². The van der Waals surface area contributed by atoms with Crippen molar-refractivity contribution in [3.63, 3.8) is 0 Å². The number of hydrogen-bond donors (Lipinski definition) is 1. The van der Waals surface area contributed by atoms with Crippen LogP contribution >= 0.6 is 0 Å². The molecule has 0 radical (unpaired) electrons. The standard InChI is InChI=1S/C18H24N2O2/c21-16(9-20-12-19-17-3-1-2-4-18(17)20)11-22-10-15-8-13-5-6-14(15)7-13/h1-4,12-16,21H,5-11H2. The molecule has 1 N–H and O–H groups in total. The second-order valence-electron chi connectivity index (χ2n) is 7.01. The Hall–Kier alpha value is -1.39. The van der Waals surface area contributed by atoms with Crippen LogP contribution in [0.15, 0.2) is 30.6 Å². The number of nitrogens with zero attached hydrogens (tertiary/aromatic N) is 2. The Balaban J connectivity index is 1.27. The van der Waals surface area contributed by atoms with Gasteiger partial charge in [0.1, 0.15) is 0 Å². The molecule has 0 aliphatic heterocycles. The molecule has 2 aliphatic carbocycles. The van der Waals surface area contributed by atoms with E-state index in [4.69, 9.17) is 4.74 Å². The average Bonchev–Trinajstić information content (AvgIpc) is 3.23. The lowest BCUT2D eigenvalue weighted by atomic mass is 9.90. The first-order valence-electron chi connectivity index (χ1n) is 8.45. The molecule has 4 heteroatoms. The number of hydrogen-bond acceptors (Lipinski definition) is 3. The summed E-state index contributed by atoms with van der Waals surface area (Å²) in [7, 11) is 0. The third-order valence-corrected chi connectivity index (χ3v) is 5.46. The van der Waals surface area contributed by atoms with Crippen LogP contribution < -0.4 is 0 Å². The number of ether oxygens (including phenoxy) is 1. The monoisotopic (exact) mass is 300 g/mol. The van der Waals surface area contributed by atoms with Crippen LogP contribution in [0.1, 0.15) is 25.7 Å². The largest absolute Gasteiger partial charge is 0.389 e. The quantitative estimate of drug-likeness (QED) is 0.892. The van der Waals surface area contributed by atoms with Gasteiger partial charge >= 0.3 is 0 Å². The highest BCUT2D eigenvalue weighted by Crippen LogP contribution is 2.48. The highest BCUT2D eigenvalue weighted by molar-refractivity contribution is 5.74. The fourth-order valence-electron chi connectivity index (χ4n) is 4.37.